The molecule has 158 valence electrons. The predicted molar refractivity (Wildman–Crippen MR) is 116 cm³/mol. The Bertz CT molecular complexity index is 1030. The molecular formula is C24H28N2O4. The topological polar surface area (TPSA) is 55.2 Å². The first-order chi connectivity index (χ1) is 14.5. The van der Waals surface area contributed by atoms with Crippen molar-refractivity contribution in [2.75, 3.05) is 34.4 Å². The Morgan fingerprint density at radius 1 is 1.13 bits per heavy atom. The van der Waals surface area contributed by atoms with E-state index in [1.165, 1.54) is 5.56 Å². The minimum absolute atomic E-state index is 0.00258. The molecule has 1 atom stereocenters. The summed E-state index contributed by atoms with van der Waals surface area (Å²) in [6, 6.07) is 14.0. The van der Waals surface area contributed by atoms with Crippen molar-refractivity contribution >= 4 is 16.9 Å². The van der Waals surface area contributed by atoms with Crippen molar-refractivity contribution in [2.24, 2.45) is 0 Å². The zero-order valence-electron chi connectivity index (χ0n) is 18.0. The average molecular weight is 408 g/mol. The smallest absolute Gasteiger partial charge is 0.237 e. The summed E-state index contributed by atoms with van der Waals surface area (Å²) in [7, 11) is 5.23. The molecule has 0 spiro atoms. The molecule has 0 saturated heterocycles. The summed E-state index contributed by atoms with van der Waals surface area (Å²) in [4.78, 5) is 16.9. The molecule has 1 aliphatic heterocycles. The number of benzene rings is 2. The number of likely N-dealkylation sites (N-methyl/N-ethyl adjacent to an activating group) is 1. The summed E-state index contributed by atoms with van der Waals surface area (Å²) < 4.78 is 16.8. The highest BCUT2D eigenvalue weighted by molar-refractivity contribution is 5.79. The summed E-state index contributed by atoms with van der Waals surface area (Å²) in [5.74, 6) is 2.41. The Labute approximate surface area is 177 Å². The third-order valence-electron chi connectivity index (χ3n) is 5.97. The van der Waals surface area contributed by atoms with Crippen LogP contribution in [0.1, 0.15) is 29.9 Å². The standard InChI is InChI=1S/C24H28N2O4/c1-16(21-12-18-7-5-6-8-20(18)30-21)25(2)15-24(27)26-10-9-17-11-22(28-3)23(29-4)13-19(17)14-26/h5-8,11-13,16H,9-10,14-15H2,1-4H3. The van der Waals surface area contributed by atoms with E-state index in [1.54, 1.807) is 14.2 Å². The van der Waals surface area contributed by atoms with Crippen LogP contribution in [0.2, 0.25) is 0 Å². The lowest BCUT2D eigenvalue weighted by atomic mass is 9.98. The molecule has 3 aromatic rings. The number of nitrogens with zero attached hydrogens (tertiary/aromatic N) is 2. The number of rotatable bonds is 6. The zero-order valence-corrected chi connectivity index (χ0v) is 18.0. The third-order valence-corrected chi connectivity index (χ3v) is 5.97. The molecule has 2 heterocycles. The number of para-hydroxylation sites is 1. The van der Waals surface area contributed by atoms with Crippen molar-refractivity contribution < 1.29 is 18.7 Å². The van der Waals surface area contributed by atoms with Gasteiger partial charge in [-0.05, 0) is 55.8 Å². The molecule has 1 unspecified atom stereocenters. The fourth-order valence-electron chi connectivity index (χ4n) is 3.97. The van der Waals surface area contributed by atoms with E-state index in [0.29, 0.717) is 25.4 Å². The molecule has 0 fully saturated rings. The third kappa shape index (κ3) is 3.87. The van der Waals surface area contributed by atoms with Crippen molar-refractivity contribution in [3.8, 4) is 11.5 Å². The molecule has 1 aromatic heterocycles. The van der Waals surface area contributed by atoms with E-state index in [2.05, 4.69) is 13.0 Å². The van der Waals surface area contributed by atoms with Gasteiger partial charge in [-0.25, -0.2) is 0 Å². The van der Waals surface area contributed by atoms with Gasteiger partial charge in [0.25, 0.3) is 0 Å². The highest BCUT2D eigenvalue weighted by Gasteiger charge is 2.25. The van der Waals surface area contributed by atoms with Crippen LogP contribution in [0.15, 0.2) is 46.9 Å². The van der Waals surface area contributed by atoms with E-state index in [9.17, 15) is 4.79 Å². The zero-order chi connectivity index (χ0) is 21.3. The fourth-order valence-corrected chi connectivity index (χ4v) is 3.97. The summed E-state index contributed by atoms with van der Waals surface area (Å²) in [5, 5.41) is 1.08. The fraction of sp³-hybridized carbons (Fsp3) is 0.375. The van der Waals surface area contributed by atoms with E-state index in [-0.39, 0.29) is 11.9 Å². The molecule has 0 N–H and O–H groups in total. The maximum Gasteiger partial charge on any atom is 0.237 e. The molecule has 6 heteroatoms. The number of carbonyl (C=O) groups excluding carboxylic acids is 1. The number of fused-ring (bicyclic) bond motifs is 2. The Hall–Kier alpha value is -2.99. The molecule has 0 saturated carbocycles. The van der Waals surface area contributed by atoms with Gasteiger partial charge in [0.15, 0.2) is 11.5 Å². The van der Waals surface area contributed by atoms with Gasteiger partial charge in [-0.1, -0.05) is 18.2 Å². The van der Waals surface area contributed by atoms with Gasteiger partial charge in [-0.15, -0.1) is 0 Å². The first-order valence-corrected chi connectivity index (χ1v) is 10.2. The number of methoxy groups -OCH3 is 2. The van der Waals surface area contributed by atoms with Gasteiger partial charge in [0.1, 0.15) is 11.3 Å². The van der Waals surface area contributed by atoms with Crippen LogP contribution >= 0.6 is 0 Å². The Kier molecular flexibility index (Phi) is 5.68. The molecular weight excluding hydrogens is 380 g/mol. The lowest BCUT2D eigenvalue weighted by molar-refractivity contribution is -0.133. The van der Waals surface area contributed by atoms with Crippen LogP contribution < -0.4 is 9.47 Å². The monoisotopic (exact) mass is 408 g/mol. The normalized spacial score (nSPS) is 14.6. The van der Waals surface area contributed by atoms with Crippen LogP contribution in [0, 0.1) is 0 Å². The second-order valence-electron chi connectivity index (χ2n) is 7.82. The average Bonchev–Trinajstić information content (AvgIpc) is 3.21. The number of hydrogen-bond acceptors (Lipinski definition) is 5. The van der Waals surface area contributed by atoms with E-state index in [4.69, 9.17) is 13.9 Å². The van der Waals surface area contributed by atoms with E-state index in [0.717, 1.165) is 34.5 Å². The SMILES string of the molecule is COc1cc2c(cc1OC)CN(C(=O)CN(C)C(C)c1cc3ccccc3o1)CC2. The van der Waals surface area contributed by atoms with Gasteiger partial charge < -0.3 is 18.8 Å². The minimum atomic E-state index is 0.00258. The minimum Gasteiger partial charge on any atom is -0.493 e. The van der Waals surface area contributed by atoms with Gasteiger partial charge in [-0.3, -0.25) is 9.69 Å². The van der Waals surface area contributed by atoms with Gasteiger partial charge in [-0.2, -0.15) is 0 Å². The van der Waals surface area contributed by atoms with E-state index < -0.39 is 0 Å². The number of furan rings is 1. The van der Waals surface area contributed by atoms with Gasteiger partial charge in [0, 0.05) is 18.5 Å². The molecule has 0 bridgehead atoms. The molecule has 1 amide bonds. The summed E-state index contributed by atoms with van der Waals surface area (Å²) >= 11 is 0. The summed E-state index contributed by atoms with van der Waals surface area (Å²) in [6.07, 6.45) is 0.810. The lowest BCUT2D eigenvalue weighted by Crippen LogP contribution is -2.42. The van der Waals surface area contributed by atoms with Crippen molar-refractivity contribution in [1.82, 2.24) is 9.80 Å². The Morgan fingerprint density at radius 3 is 2.53 bits per heavy atom. The predicted octanol–water partition coefficient (Wildman–Crippen LogP) is 4.03. The van der Waals surface area contributed by atoms with Crippen LogP contribution in [0.4, 0.5) is 0 Å². The van der Waals surface area contributed by atoms with E-state index in [1.807, 2.05) is 53.2 Å². The van der Waals surface area contributed by atoms with Crippen LogP contribution in [0.3, 0.4) is 0 Å². The van der Waals surface area contributed by atoms with Crippen molar-refractivity contribution in [1.29, 1.82) is 0 Å². The molecule has 4 rings (SSSR count). The van der Waals surface area contributed by atoms with Gasteiger partial charge in [0.05, 0.1) is 26.8 Å². The van der Waals surface area contributed by atoms with Crippen molar-refractivity contribution in [3.63, 3.8) is 0 Å². The van der Waals surface area contributed by atoms with Gasteiger partial charge >= 0.3 is 0 Å². The van der Waals surface area contributed by atoms with Crippen LogP contribution in [0.25, 0.3) is 11.0 Å². The highest BCUT2D eigenvalue weighted by Crippen LogP contribution is 2.33. The van der Waals surface area contributed by atoms with Crippen molar-refractivity contribution in [2.45, 2.75) is 25.9 Å². The van der Waals surface area contributed by atoms with Gasteiger partial charge in [0.2, 0.25) is 5.91 Å². The maximum atomic E-state index is 13.0. The van der Waals surface area contributed by atoms with Crippen molar-refractivity contribution in [3.05, 3.63) is 59.4 Å². The molecule has 6 nitrogen and oxygen atoms in total. The highest BCUT2D eigenvalue weighted by atomic mass is 16.5. The molecule has 30 heavy (non-hydrogen) atoms. The molecule has 0 radical (unpaired) electrons. The van der Waals surface area contributed by atoms with Crippen LogP contribution in [-0.2, 0) is 17.8 Å². The number of ether oxygens (including phenoxy) is 2. The molecule has 0 aliphatic carbocycles. The summed E-state index contributed by atoms with van der Waals surface area (Å²) in [6.45, 7) is 3.68. The second-order valence-corrected chi connectivity index (χ2v) is 7.82. The van der Waals surface area contributed by atoms with E-state index >= 15 is 0 Å². The molecule has 2 aromatic carbocycles. The largest absolute Gasteiger partial charge is 0.493 e. The molecule has 1 aliphatic rings. The first kappa shape index (κ1) is 20.3. The maximum absolute atomic E-state index is 13.0. The Morgan fingerprint density at radius 2 is 1.83 bits per heavy atom. The van der Waals surface area contributed by atoms with Crippen LogP contribution in [0.5, 0.6) is 11.5 Å². The quantitative estimate of drug-likeness (QED) is 0.616. The second kappa shape index (κ2) is 8.40. The number of carbonyl (C=O) groups is 1. The van der Waals surface area contributed by atoms with Crippen LogP contribution in [-0.4, -0.2) is 50.1 Å². The Balaban J connectivity index is 1.43. The summed E-state index contributed by atoms with van der Waals surface area (Å²) in [5.41, 5.74) is 3.19. The number of amides is 1. The first-order valence-electron chi connectivity index (χ1n) is 10.2. The number of hydrogen-bond donors (Lipinski definition) is 0. The lowest BCUT2D eigenvalue weighted by Gasteiger charge is -2.32.